The normalized spacial score (nSPS) is 11.2. The smallest absolute Gasteiger partial charge is 0.159 e. The number of nitrogens with zero attached hydrogens (tertiary/aromatic N) is 1. The highest BCUT2D eigenvalue weighted by atomic mass is 16.3. The van der Waals surface area contributed by atoms with Crippen molar-refractivity contribution in [2.24, 2.45) is 0 Å². The number of anilines is 3. The molecule has 0 aliphatic rings. The summed E-state index contributed by atoms with van der Waals surface area (Å²) in [7, 11) is 0. The van der Waals surface area contributed by atoms with E-state index >= 15 is 0 Å². The van der Waals surface area contributed by atoms with Gasteiger partial charge in [0.25, 0.3) is 0 Å². The number of para-hydroxylation sites is 2. The zero-order valence-corrected chi connectivity index (χ0v) is 27.4. The minimum atomic E-state index is 0.870. The van der Waals surface area contributed by atoms with Crippen LogP contribution in [0, 0.1) is 0 Å². The van der Waals surface area contributed by atoms with Crippen molar-refractivity contribution in [3.05, 3.63) is 200 Å². The quantitative estimate of drug-likeness (QED) is 0.173. The maximum atomic E-state index is 6.55. The lowest BCUT2D eigenvalue weighted by molar-refractivity contribution is 0.669. The fraction of sp³-hybridized carbons (Fsp3) is 0. The predicted octanol–water partition coefficient (Wildman–Crippen LogP) is 13.7. The molecule has 0 saturated heterocycles. The van der Waals surface area contributed by atoms with Gasteiger partial charge in [-0.15, -0.1) is 0 Å². The first kappa shape index (κ1) is 29.5. The van der Waals surface area contributed by atoms with Crippen molar-refractivity contribution in [3.63, 3.8) is 0 Å². The zero-order chi connectivity index (χ0) is 33.3. The fourth-order valence-electron chi connectivity index (χ4n) is 6.91. The van der Waals surface area contributed by atoms with Gasteiger partial charge in [0.05, 0.1) is 5.69 Å². The SMILES string of the molecule is c1ccc(-c2ccc(-c3ccc(N(c4ccc(-c5ccc(-c6ccccc6)cc5)cc4)c4cccc5c4oc4ccccc45)cc3)cc2)cc1. The van der Waals surface area contributed by atoms with Crippen LogP contribution in [-0.4, -0.2) is 0 Å². The van der Waals surface area contributed by atoms with Gasteiger partial charge in [-0.2, -0.15) is 0 Å². The van der Waals surface area contributed by atoms with Crippen molar-refractivity contribution in [2.75, 3.05) is 4.90 Å². The molecule has 0 aliphatic carbocycles. The van der Waals surface area contributed by atoms with Gasteiger partial charge in [-0.3, -0.25) is 0 Å². The van der Waals surface area contributed by atoms with E-state index in [-0.39, 0.29) is 0 Å². The molecule has 9 aromatic rings. The van der Waals surface area contributed by atoms with Gasteiger partial charge in [0, 0.05) is 22.1 Å². The Morgan fingerprint density at radius 3 is 1.10 bits per heavy atom. The molecule has 0 spiro atoms. The number of benzene rings is 8. The van der Waals surface area contributed by atoms with Crippen LogP contribution in [0.2, 0.25) is 0 Å². The molecule has 1 heterocycles. The van der Waals surface area contributed by atoms with Crippen LogP contribution >= 0.6 is 0 Å². The van der Waals surface area contributed by atoms with E-state index in [1.54, 1.807) is 0 Å². The zero-order valence-electron chi connectivity index (χ0n) is 27.4. The molecule has 1 aromatic heterocycles. The Bertz CT molecular complexity index is 2410. The molecule has 0 N–H and O–H groups in total. The molecular formula is C48H33NO. The molecule has 0 radical (unpaired) electrons. The van der Waals surface area contributed by atoms with Crippen molar-refractivity contribution in [2.45, 2.75) is 0 Å². The summed E-state index contributed by atoms with van der Waals surface area (Å²) < 4.78 is 6.55. The van der Waals surface area contributed by atoms with Gasteiger partial charge in [0.2, 0.25) is 0 Å². The molecule has 0 unspecified atom stereocenters. The lowest BCUT2D eigenvalue weighted by atomic mass is 9.99. The van der Waals surface area contributed by atoms with E-state index in [2.05, 4.69) is 193 Å². The summed E-state index contributed by atoms with van der Waals surface area (Å²) in [6.45, 7) is 0. The first-order valence-corrected chi connectivity index (χ1v) is 17.0. The molecule has 9 rings (SSSR count). The third-order valence-electron chi connectivity index (χ3n) is 9.53. The molecule has 0 fully saturated rings. The number of fused-ring (bicyclic) bond motifs is 3. The first-order chi connectivity index (χ1) is 24.8. The van der Waals surface area contributed by atoms with Gasteiger partial charge in [-0.1, -0.05) is 164 Å². The third kappa shape index (κ3) is 5.53. The van der Waals surface area contributed by atoms with Gasteiger partial charge in [0.15, 0.2) is 5.58 Å². The molecule has 2 heteroatoms. The summed E-state index contributed by atoms with van der Waals surface area (Å²) in [5, 5.41) is 2.22. The van der Waals surface area contributed by atoms with Crippen LogP contribution in [0.1, 0.15) is 0 Å². The van der Waals surface area contributed by atoms with Gasteiger partial charge in [-0.05, 0) is 80.9 Å². The maximum Gasteiger partial charge on any atom is 0.159 e. The van der Waals surface area contributed by atoms with E-state index < -0.39 is 0 Å². The van der Waals surface area contributed by atoms with Crippen LogP contribution in [0.3, 0.4) is 0 Å². The summed E-state index contributed by atoms with van der Waals surface area (Å²) in [6, 6.07) is 71.0. The van der Waals surface area contributed by atoms with Crippen LogP contribution < -0.4 is 4.90 Å². The average Bonchev–Trinajstić information content (AvgIpc) is 3.59. The van der Waals surface area contributed by atoms with Crippen LogP contribution in [0.25, 0.3) is 66.4 Å². The van der Waals surface area contributed by atoms with E-state index in [1.165, 1.54) is 44.5 Å². The third-order valence-corrected chi connectivity index (χ3v) is 9.53. The molecular weight excluding hydrogens is 607 g/mol. The minimum Gasteiger partial charge on any atom is -0.454 e. The second kappa shape index (κ2) is 12.8. The van der Waals surface area contributed by atoms with E-state index in [0.29, 0.717) is 0 Å². The Morgan fingerprint density at radius 2 is 0.640 bits per heavy atom. The largest absolute Gasteiger partial charge is 0.454 e. The molecule has 0 aliphatic heterocycles. The summed E-state index contributed by atoms with van der Waals surface area (Å²) in [5.74, 6) is 0. The van der Waals surface area contributed by atoms with Crippen LogP contribution in [-0.2, 0) is 0 Å². The van der Waals surface area contributed by atoms with Gasteiger partial charge < -0.3 is 9.32 Å². The standard InChI is InChI=1S/C48H33NO/c1-3-10-34(11-4-1)36-18-22-38(23-19-36)40-26-30-42(31-27-40)49(46-16-9-15-45-44-14-7-8-17-47(44)50-48(45)46)43-32-28-41(29-33-43)39-24-20-37(21-25-39)35-12-5-2-6-13-35/h1-33H. The summed E-state index contributed by atoms with van der Waals surface area (Å²) >= 11 is 0. The van der Waals surface area contributed by atoms with E-state index in [9.17, 15) is 0 Å². The van der Waals surface area contributed by atoms with E-state index in [4.69, 9.17) is 4.42 Å². The molecule has 50 heavy (non-hydrogen) atoms. The number of furan rings is 1. The lowest BCUT2D eigenvalue weighted by Gasteiger charge is -2.26. The average molecular weight is 640 g/mol. The Balaban J connectivity index is 1.09. The summed E-state index contributed by atoms with van der Waals surface area (Å²) in [6.07, 6.45) is 0. The van der Waals surface area contributed by atoms with Crippen molar-refractivity contribution in [3.8, 4) is 44.5 Å². The molecule has 2 nitrogen and oxygen atoms in total. The fourth-order valence-corrected chi connectivity index (χ4v) is 6.91. The second-order valence-electron chi connectivity index (χ2n) is 12.6. The highest BCUT2D eigenvalue weighted by molar-refractivity contribution is 6.10. The number of hydrogen-bond acceptors (Lipinski definition) is 2. The molecule has 8 aromatic carbocycles. The van der Waals surface area contributed by atoms with Gasteiger partial charge in [0.1, 0.15) is 5.58 Å². The number of rotatable bonds is 7. The Labute approximate surface area is 292 Å². The minimum absolute atomic E-state index is 0.870. The molecule has 0 atom stereocenters. The van der Waals surface area contributed by atoms with Crippen molar-refractivity contribution in [1.29, 1.82) is 0 Å². The predicted molar refractivity (Wildman–Crippen MR) is 210 cm³/mol. The van der Waals surface area contributed by atoms with E-state index in [0.717, 1.165) is 39.0 Å². The topological polar surface area (TPSA) is 16.4 Å². The van der Waals surface area contributed by atoms with Gasteiger partial charge >= 0.3 is 0 Å². The highest BCUT2D eigenvalue weighted by Crippen LogP contribution is 2.43. The van der Waals surface area contributed by atoms with Crippen LogP contribution in [0.15, 0.2) is 205 Å². The summed E-state index contributed by atoms with van der Waals surface area (Å²) in [5.41, 5.74) is 14.5. The van der Waals surface area contributed by atoms with Crippen molar-refractivity contribution in [1.82, 2.24) is 0 Å². The number of hydrogen-bond donors (Lipinski definition) is 0. The van der Waals surface area contributed by atoms with E-state index in [1.807, 2.05) is 12.1 Å². The molecule has 0 bridgehead atoms. The maximum absolute atomic E-state index is 6.55. The Hall–Kier alpha value is -6.64. The lowest BCUT2D eigenvalue weighted by Crippen LogP contribution is -2.10. The highest BCUT2D eigenvalue weighted by Gasteiger charge is 2.19. The van der Waals surface area contributed by atoms with Crippen LogP contribution in [0.5, 0.6) is 0 Å². The van der Waals surface area contributed by atoms with Crippen molar-refractivity contribution < 1.29 is 4.42 Å². The van der Waals surface area contributed by atoms with Gasteiger partial charge in [-0.25, -0.2) is 0 Å². The Morgan fingerprint density at radius 1 is 0.280 bits per heavy atom. The summed E-state index contributed by atoms with van der Waals surface area (Å²) in [4.78, 5) is 2.30. The second-order valence-corrected chi connectivity index (χ2v) is 12.6. The van der Waals surface area contributed by atoms with Crippen molar-refractivity contribution >= 4 is 39.0 Å². The molecule has 0 amide bonds. The molecule has 236 valence electrons. The first-order valence-electron chi connectivity index (χ1n) is 17.0. The Kier molecular flexibility index (Phi) is 7.53. The monoisotopic (exact) mass is 639 g/mol. The van der Waals surface area contributed by atoms with Crippen LogP contribution in [0.4, 0.5) is 17.1 Å². The molecule has 0 saturated carbocycles.